The zero-order valence-corrected chi connectivity index (χ0v) is 10.9. The van der Waals surface area contributed by atoms with Crippen molar-refractivity contribution in [2.45, 2.75) is 13.5 Å². The van der Waals surface area contributed by atoms with Crippen LogP contribution in [-0.4, -0.2) is 15.0 Å². The van der Waals surface area contributed by atoms with Gasteiger partial charge in [0.05, 0.1) is 4.47 Å². The van der Waals surface area contributed by atoms with Crippen LogP contribution in [0.4, 0.5) is 11.8 Å². The summed E-state index contributed by atoms with van der Waals surface area (Å²) in [6.45, 7) is 2.60. The van der Waals surface area contributed by atoms with Crippen molar-refractivity contribution < 1.29 is 0 Å². The second kappa shape index (κ2) is 5.09. The number of nitrogens with one attached hydrogen (secondary N) is 1. The maximum Gasteiger partial charge on any atom is 0.221 e. The highest BCUT2D eigenvalue weighted by Crippen LogP contribution is 2.19. The van der Waals surface area contributed by atoms with Gasteiger partial charge in [0.1, 0.15) is 5.82 Å². The molecule has 2 rings (SSSR count). The van der Waals surface area contributed by atoms with Crippen molar-refractivity contribution in [3.8, 4) is 0 Å². The normalized spacial score (nSPS) is 10.2. The molecule has 0 amide bonds. The maximum atomic E-state index is 5.52. The summed E-state index contributed by atoms with van der Waals surface area (Å²) in [6, 6.07) is 3.99. The van der Waals surface area contributed by atoms with E-state index >= 15 is 0 Å². The van der Waals surface area contributed by atoms with Crippen molar-refractivity contribution in [1.82, 2.24) is 15.0 Å². The minimum Gasteiger partial charge on any atom is -0.368 e. The van der Waals surface area contributed by atoms with Gasteiger partial charge in [-0.15, -0.1) is 0 Å². The van der Waals surface area contributed by atoms with Crippen LogP contribution < -0.4 is 11.1 Å². The first-order valence-electron chi connectivity index (χ1n) is 5.08. The Bertz CT molecular complexity index is 512. The summed E-state index contributed by atoms with van der Waals surface area (Å²) < 4.78 is 0.784. The number of aryl methyl sites for hydroxylation is 1. The Hall–Kier alpha value is -1.69. The number of nitrogens with zero attached hydrogens (tertiary/aromatic N) is 3. The van der Waals surface area contributed by atoms with Crippen LogP contribution in [0.1, 0.15) is 11.3 Å². The highest BCUT2D eigenvalue weighted by Gasteiger charge is 2.02. The van der Waals surface area contributed by atoms with Gasteiger partial charge in [0, 0.05) is 24.6 Å². The second-order valence-corrected chi connectivity index (χ2v) is 4.44. The highest BCUT2D eigenvalue weighted by atomic mass is 79.9. The van der Waals surface area contributed by atoms with Crippen LogP contribution in [0.15, 0.2) is 29.0 Å². The van der Waals surface area contributed by atoms with Crippen LogP contribution in [0.25, 0.3) is 0 Å². The first-order valence-corrected chi connectivity index (χ1v) is 5.88. The lowest BCUT2D eigenvalue weighted by molar-refractivity contribution is 1.05. The number of rotatable bonds is 3. The predicted molar refractivity (Wildman–Crippen MR) is 70.4 cm³/mol. The molecule has 0 atom stereocenters. The van der Waals surface area contributed by atoms with E-state index in [0.29, 0.717) is 12.4 Å². The Morgan fingerprint density at radius 1 is 1.29 bits per heavy atom. The molecule has 3 N–H and O–H groups in total. The average Bonchev–Trinajstić information content (AvgIpc) is 2.32. The molecule has 0 saturated carbocycles. The molecule has 6 heteroatoms. The summed E-state index contributed by atoms with van der Waals surface area (Å²) in [7, 11) is 0. The third-order valence-electron chi connectivity index (χ3n) is 2.20. The number of aromatic nitrogens is 3. The topological polar surface area (TPSA) is 76.7 Å². The molecule has 2 aromatic rings. The first-order chi connectivity index (χ1) is 8.15. The molecule has 0 fully saturated rings. The molecule has 5 nitrogen and oxygen atoms in total. The van der Waals surface area contributed by atoms with E-state index in [1.807, 2.05) is 25.3 Å². The number of hydrogen-bond acceptors (Lipinski definition) is 5. The number of nitrogens with two attached hydrogens (primary N) is 1. The van der Waals surface area contributed by atoms with Crippen LogP contribution >= 0.6 is 15.9 Å². The second-order valence-electron chi connectivity index (χ2n) is 3.59. The molecular formula is C11H12BrN5. The van der Waals surface area contributed by atoms with Crippen molar-refractivity contribution in [2.24, 2.45) is 0 Å². The van der Waals surface area contributed by atoms with Gasteiger partial charge >= 0.3 is 0 Å². The predicted octanol–water partition coefficient (Wildman–Crippen LogP) is 2.14. The molecule has 0 spiro atoms. The van der Waals surface area contributed by atoms with Gasteiger partial charge in [0.25, 0.3) is 0 Å². The Kier molecular flexibility index (Phi) is 3.53. The van der Waals surface area contributed by atoms with Crippen LogP contribution in [0.5, 0.6) is 0 Å². The van der Waals surface area contributed by atoms with Crippen molar-refractivity contribution in [3.05, 3.63) is 40.3 Å². The minimum absolute atomic E-state index is 0.248. The number of halogens is 1. The van der Waals surface area contributed by atoms with Gasteiger partial charge in [-0.2, -0.15) is 4.98 Å². The summed E-state index contributed by atoms with van der Waals surface area (Å²) >= 11 is 3.36. The minimum atomic E-state index is 0.248. The largest absolute Gasteiger partial charge is 0.368 e. The van der Waals surface area contributed by atoms with Crippen LogP contribution in [0.2, 0.25) is 0 Å². The molecule has 0 bridgehead atoms. The van der Waals surface area contributed by atoms with E-state index in [-0.39, 0.29) is 5.95 Å². The van der Waals surface area contributed by atoms with Gasteiger partial charge in [0.15, 0.2) is 0 Å². The quantitative estimate of drug-likeness (QED) is 0.907. The van der Waals surface area contributed by atoms with Crippen molar-refractivity contribution in [1.29, 1.82) is 0 Å². The molecule has 0 saturated heterocycles. The van der Waals surface area contributed by atoms with Crippen molar-refractivity contribution >= 4 is 27.7 Å². The summed E-state index contributed by atoms with van der Waals surface area (Å²) in [5.74, 6) is 0.927. The lowest BCUT2D eigenvalue weighted by Crippen LogP contribution is -2.05. The Morgan fingerprint density at radius 2 is 2.12 bits per heavy atom. The van der Waals surface area contributed by atoms with Gasteiger partial charge in [-0.25, -0.2) is 4.98 Å². The van der Waals surface area contributed by atoms with Crippen LogP contribution in [0, 0.1) is 6.92 Å². The molecule has 0 aliphatic carbocycles. The number of pyridine rings is 1. The zero-order chi connectivity index (χ0) is 12.3. The van der Waals surface area contributed by atoms with E-state index in [0.717, 1.165) is 15.7 Å². The van der Waals surface area contributed by atoms with Gasteiger partial charge in [0.2, 0.25) is 5.95 Å². The fourth-order valence-corrected chi connectivity index (χ4v) is 1.62. The van der Waals surface area contributed by atoms with E-state index in [4.69, 9.17) is 5.73 Å². The van der Waals surface area contributed by atoms with Gasteiger partial charge in [-0.1, -0.05) is 6.07 Å². The zero-order valence-electron chi connectivity index (χ0n) is 9.31. The molecule has 0 aliphatic heterocycles. The van der Waals surface area contributed by atoms with E-state index in [1.54, 1.807) is 6.20 Å². The average molecular weight is 294 g/mol. The Balaban J connectivity index is 2.07. The third-order valence-corrected chi connectivity index (χ3v) is 2.78. The third kappa shape index (κ3) is 3.13. The molecule has 0 unspecified atom stereocenters. The maximum absolute atomic E-state index is 5.52. The molecule has 2 heterocycles. The lowest BCUT2D eigenvalue weighted by Gasteiger charge is -2.07. The molecule has 2 aromatic heterocycles. The number of anilines is 2. The summed E-state index contributed by atoms with van der Waals surface area (Å²) in [6.07, 6.45) is 3.46. The fourth-order valence-electron chi connectivity index (χ4n) is 1.29. The highest BCUT2D eigenvalue weighted by molar-refractivity contribution is 9.10. The lowest BCUT2D eigenvalue weighted by atomic mass is 10.2. The number of hydrogen-bond donors (Lipinski definition) is 2. The SMILES string of the molecule is Cc1ccc(CNc2nc(N)ncc2Br)cn1. The Labute approximate surface area is 108 Å². The molecule has 0 aromatic carbocycles. The van der Waals surface area contributed by atoms with E-state index in [2.05, 4.69) is 36.2 Å². The van der Waals surface area contributed by atoms with Crippen molar-refractivity contribution in [2.75, 3.05) is 11.1 Å². The van der Waals surface area contributed by atoms with E-state index < -0.39 is 0 Å². The molecule has 17 heavy (non-hydrogen) atoms. The molecular weight excluding hydrogens is 282 g/mol. The van der Waals surface area contributed by atoms with Crippen molar-refractivity contribution in [3.63, 3.8) is 0 Å². The van der Waals surface area contributed by atoms with E-state index in [9.17, 15) is 0 Å². The number of nitrogen functional groups attached to an aromatic ring is 1. The molecule has 0 aliphatic rings. The smallest absolute Gasteiger partial charge is 0.221 e. The molecule has 88 valence electrons. The first kappa shape index (κ1) is 11.8. The fraction of sp³-hybridized carbons (Fsp3) is 0.182. The summed E-state index contributed by atoms with van der Waals surface area (Å²) in [5.41, 5.74) is 7.61. The molecule has 0 radical (unpaired) electrons. The Morgan fingerprint density at radius 3 is 2.82 bits per heavy atom. The standard InChI is InChI=1S/C11H12BrN5/c1-7-2-3-8(4-14-7)5-15-10-9(12)6-16-11(13)17-10/h2-4,6H,5H2,1H3,(H3,13,15,16,17). The summed E-state index contributed by atoms with van der Waals surface area (Å²) in [5, 5.41) is 3.17. The van der Waals surface area contributed by atoms with Gasteiger partial charge in [-0.05, 0) is 34.5 Å². The summed E-state index contributed by atoms with van der Waals surface area (Å²) in [4.78, 5) is 12.2. The van der Waals surface area contributed by atoms with Crippen LogP contribution in [-0.2, 0) is 6.54 Å². The van der Waals surface area contributed by atoms with Gasteiger partial charge in [-0.3, -0.25) is 4.98 Å². The van der Waals surface area contributed by atoms with Gasteiger partial charge < -0.3 is 11.1 Å². The van der Waals surface area contributed by atoms with E-state index in [1.165, 1.54) is 0 Å². The van der Waals surface area contributed by atoms with Crippen LogP contribution in [0.3, 0.4) is 0 Å². The monoisotopic (exact) mass is 293 g/mol.